The zero-order chi connectivity index (χ0) is 59.0. The van der Waals surface area contributed by atoms with Crippen LogP contribution in [-0.2, 0) is 68.5 Å². The average Bonchev–Trinajstić information content (AvgIpc) is 3.97. The first-order chi connectivity index (χ1) is 39.2. The number of H-pyrrole nitrogens is 1. The van der Waals surface area contributed by atoms with E-state index in [1.54, 1.807) is 12.5 Å². The predicted octanol–water partition coefficient (Wildman–Crippen LogP) is 10.0. The van der Waals surface area contributed by atoms with Crippen LogP contribution in [0.1, 0.15) is 231 Å². The van der Waals surface area contributed by atoms with Gasteiger partial charge in [0.2, 0.25) is 11.8 Å². The Morgan fingerprint density at radius 3 is 1.59 bits per heavy atom. The van der Waals surface area contributed by atoms with Crippen LogP contribution in [0, 0.1) is 23.7 Å². The lowest BCUT2D eigenvalue weighted by Gasteiger charge is -2.28. The van der Waals surface area contributed by atoms with Crippen LogP contribution in [0.2, 0.25) is 0 Å². The van der Waals surface area contributed by atoms with Gasteiger partial charge in [-0.15, -0.1) is 0 Å². The minimum Gasteiger partial charge on any atom is -0.481 e. The van der Waals surface area contributed by atoms with E-state index in [2.05, 4.69) is 20.6 Å². The number of aryl methyl sites for hydroxylation is 1. The van der Waals surface area contributed by atoms with E-state index in [0.29, 0.717) is 75.9 Å². The van der Waals surface area contributed by atoms with Gasteiger partial charge in [-0.25, -0.2) is 4.98 Å². The molecule has 2 amide bonds. The Kier molecular flexibility index (Phi) is 43.6. The molecule has 0 unspecified atom stereocenters. The van der Waals surface area contributed by atoms with Crippen molar-refractivity contribution in [1.29, 1.82) is 0 Å². The highest BCUT2D eigenvalue weighted by atomic mass is 16.5. The van der Waals surface area contributed by atoms with E-state index >= 15 is 0 Å². The Morgan fingerprint density at radius 1 is 0.531 bits per heavy atom. The summed E-state index contributed by atoms with van der Waals surface area (Å²) in [5, 5.41) is 23.9. The molecule has 1 heterocycles. The molecule has 19 nitrogen and oxygen atoms in total. The first kappa shape index (κ1) is 72.4. The Labute approximate surface area is 483 Å². The number of imidazole rings is 1. The quantitative estimate of drug-likeness (QED) is 0.0379. The molecular weight excluding hydrogens is 1040 g/mol. The van der Waals surface area contributed by atoms with Crippen LogP contribution >= 0.6 is 0 Å². The molecule has 5 N–H and O–H groups in total. The van der Waals surface area contributed by atoms with Gasteiger partial charge in [0, 0.05) is 88.2 Å². The monoisotopic (exact) mass is 1140 g/mol. The molecule has 0 bridgehead atoms. The number of aliphatic carboxylic acids is 2. The molecule has 1 aromatic heterocycles. The lowest BCUT2D eigenvalue weighted by atomic mass is 9.76. The number of nitrogens with zero attached hydrogens (tertiary/aromatic N) is 1. The Hall–Kier alpha value is -4.72. The standard InChI is InChI=1S/C62H104N4O15/c1-49(67)52(43-56(69)33-31-54-45-63-48-66-54)21-17-16-19-23-57(70)46-80-41-39-79-38-36-65-60(73)47-81-42-40-78-37-35-64-59(72)34-30-53(62(76)77)44-58(71)51-28-25-50(26-29-51)27-32-55(68)22-18-14-12-10-8-6-4-2-3-5-7-9-11-13-15-20-24-61(74)75/h45,48,50-53H,2-44,46-47H2,1H3,(H,63,66)(H,64,72)(H,65,73)(H,74,75)(H,76,77)/t50?,51?,52-,53-/m1/s1. The molecule has 462 valence electrons. The number of ether oxygens (including phenoxy) is 4. The highest BCUT2D eigenvalue weighted by Crippen LogP contribution is 2.34. The number of Topliss-reactive ketones (excluding diaryl/α,β-unsaturated/α-hetero) is 5. The summed E-state index contributed by atoms with van der Waals surface area (Å²) in [6.07, 6.45) is 32.1. The number of nitrogens with one attached hydrogen (secondary N) is 3. The summed E-state index contributed by atoms with van der Waals surface area (Å²) in [5.41, 5.74) is 0.892. The highest BCUT2D eigenvalue weighted by molar-refractivity contribution is 5.87. The number of aromatic amines is 1. The number of hydrogen-bond acceptors (Lipinski definition) is 14. The summed E-state index contributed by atoms with van der Waals surface area (Å²) in [6, 6.07) is 0. The van der Waals surface area contributed by atoms with Gasteiger partial charge in [0.15, 0.2) is 5.78 Å². The van der Waals surface area contributed by atoms with Gasteiger partial charge in [-0.05, 0) is 83.5 Å². The van der Waals surface area contributed by atoms with Crippen LogP contribution in [0.4, 0.5) is 0 Å². The molecule has 2 atom stereocenters. The Bertz CT molecular complexity index is 1890. The van der Waals surface area contributed by atoms with E-state index in [-0.39, 0.29) is 138 Å². The lowest BCUT2D eigenvalue weighted by molar-refractivity contribution is -0.145. The SMILES string of the molecule is CC(=O)[C@H](CCCCCC(=O)COCCOCCNC(=O)COCCOCCNC(=O)CC[C@H](CC(=O)C1CCC(CCC(=O)CCCCCCCCCCCCCCCCCCC(=O)O)CC1)C(=O)O)CC(=O)CCc1cnc[nH]1. The normalized spacial score (nSPS) is 15.0. The van der Waals surface area contributed by atoms with Crippen LogP contribution < -0.4 is 10.6 Å². The molecule has 2 rings (SSSR count). The van der Waals surface area contributed by atoms with Crippen LogP contribution in [-0.4, -0.2) is 139 Å². The summed E-state index contributed by atoms with van der Waals surface area (Å²) in [4.78, 5) is 116. The third-order valence-corrected chi connectivity index (χ3v) is 15.4. The van der Waals surface area contributed by atoms with E-state index < -0.39 is 17.9 Å². The summed E-state index contributed by atoms with van der Waals surface area (Å²) >= 11 is 0. The minimum atomic E-state index is -1.08. The van der Waals surface area contributed by atoms with Crippen molar-refractivity contribution >= 4 is 52.7 Å². The van der Waals surface area contributed by atoms with Crippen LogP contribution in [0.15, 0.2) is 12.5 Å². The first-order valence-electron chi connectivity index (χ1n) is 31.1. The van der Waals surface area contributed by atoms with Crippen molar-refractivity contribution in [1.82, 2.24) is 20.6 Å². The van der Waals surface area contributed by atoms with Gasteiger partial charge in [-0.1, -0.05) is 103 Å². The number of carboxylic acid groups (broad SMARTS) is 2. The van der Waals surface area contributed by atoms with Crippen molar-refractivity contribution in [3.63, 3.8) is 0 Å². The number of ketones is 5. The minimum absolute atomic E-state index is 0.0127. The van der Waals surface area contributed by atoms with Crippen molar-refractivity contribution in [2.45, 2.75) is 232 Å². The molecule has 1 saturated carbocycles. The topological polar surface area (TPSA) is 284 Å². The summed E-state index contributed by atoms with van der Waals surface area (Å²) < 4.78 is 21.7. The molecule has 1 aliphatic rings. The summed E-state index contributed by atoms with van der Waals surface area (Å²) in [7, 11) is 0. The third kappa shape index (κ3) is 41.9. The van der Waals surface area contributed by atoms with Gasteiger partial charge in [0.1, 0.15) is 36.3 Å². The maximum absolute atomic E-state index is 13.1. The molecule has 0 aliphatic heterocycles. The van der Waals surface area contributed by atoms with Crippen molar-refractivity contribution in [3.05, 3.63) is 18.2 Å². The van der Waals surface area contributed by atoms with Crippen LogP contribution in [0.3, 0.4) is 0 Å². The number of carboxylic acids is 2. The van der Waals surface area contributed by atoms with Gasteiger partial charge >= 0.3 is 11.9 Å². The number of carbonyl (C=O) groups excluding carboxylic acids is 7. The average molecular weight is 1150 g/mol. The van der Waals surface area contributed by atoms with E-state index in [0.717, 1.165) is 69.9 Å². The van der Waals surface area contributed by atoms with Crippen LogP contribution in [0.25, 0.3) is 0 Å². The van der Waals surface area contributed by atoms with Gasteiger partial charge in [0.05, 0.1) is 51.9 Å². The molecular formula is C62H104N4O15. The maximum Gasteiger partial charge on any atom is 0.306 e. The Morgan fingerprint density at radius 2 is 1.05 bits per heavy atom. The van der Waals surface area contributed by atoms with Gasteiger partial charge in [-0.2, -0.15) is 0 Å². The van der Waals surface area contributed by atoms with E-state index in [1.807, 2.05) is 0 Å². The van der Waals surface area contributed by atoms with Crippen molar-refractivity contribution in [2.24, 2.45) is 23.7 Å². The largest absolute Gasteiger partial charge is 0.481 e. The summed E-state index contributed by atoms with van der Waals surface area (Å²) in [6.45, 7) is 3.13. The summed E-state index contributed by atoms with van der Waals surface area (Å²) in [5.74, 6) is -3.09. The molecule has 81 heavy (non-hydrogen) atoms. The van der Waals surface area contributed by atoms with E-state index in [4.69, 9.17) is 24.1 Å². The zero-order valence-electron chi connectivity index (χ0n) is 49.4. The lowest BCUT2D eigenvalue weighted by Crippen LogP contribution is -2.31. The van der Waals surface area contributed by atoms with Gasteiger partial charge in [-0.3, -0.25) is 43.2 Å². The van der Waals surface area contributed by atoms with E-state index in [1.165, 1.54) is 77.6 Å². The molecule has 19 heteroatoms. The zero-order valence-corrected chi connectivity index (χ0v) is 49.4. The molecule has 1 aliphatic carbocycles. The van der Waals surface area contributed by atoms with Gasteiger partial charge < -0.3 is 44.8 Å². The molecule has 0 radical (unpaired) electrons. The molecule has 0 spiro atoms. The van der Waals surface area contributed by atoms with Crippen molar-refractivity contribution < 1.29 is 72.3 Å². The van der Waals surface area contributed by atoms with Crippen molar-refractivity contribution in [3.8, 4) is 0 Å². The second kappa shape index (κ2) is 48.8. The molecule has 0 aromatic carbocycles. The number of hydrogen-bond donors (Lipinski definition) is 5. The highest BCUT2D eigenvalue weighted by Gasteiger charge is 2.30. The smallest absolute Gasteiger partial charge is 0.306 e. The fourth-order valence-corrected chi connectivity index (χ4v) is 10.3. The number of amides is 2. The number of unbranched alkanes of at least 4 members (excludes halogenated alkanes) is 17. The second-order valence-corrected chi connectivity index (χ2v) is 22.4. The predicted molar refractivity (Wildman–Crippen MR) is 309 cm³/mol. The maximum atomic E-state index is 13.1. The number of aromatic nitrogens is 2. The second-order valence-electron chi connectivity index (χ2n) is 22.4. The van der Waals surface area contributed by atoms with Crippen molar-refractivity contribution in [2.75, 3.05) is 65.9 Å². The molecule has 0 saturated heterocycles. The number of rotatable bonds is 57. The fourth-order valence-electron chi connectivity index (χ4n) is 10.3. The molecule has 1 fully saturated rings. The van der Waals surface area contributed by atoms with Gasteiger partial charge in [0.25, 0.3) is 0 Å². The van der Waals surface area contributed by atoms with Crippen LogP contribution in [0.5, 0.6) is 0 Å². The van der Waals surface area contributed by atoms with E-state index in [9.17, 15) is 48.3 Å². The Balaban J connectivity index is 1.35. The fraction of sp³-hybridized carbons (Fsp3) is 0.806. The third-order valence-electron chi connectivity index (χ3n) is 15.4. The number of carbonyl (C=O) groups is 9. The molecule has 1 aromatic rings. The first-order valence-corrected chi connectivity index (χ1v) is 31.1.